The molecule has 1 saturated heterocycles. The van der Waals surface area contributed by atoms with Crippen molar-refractivity contribution >= 4 is 23.7 Å². The van der Waals surface area contributed by atoms with Crippen molar-refractivity contribution in [3.63, 3.8) is 0 Å². The number of aliphatic hydroxyl groups is 2. The number of ether oxygens (including phenoxy) is 4. The molecule has 45 heavy (non-hydrogen) atoms. The van der Waals surface area contributed by atoms with Crippen molar-refractivity contribution in [2.75, 3.05) is 13.2 Å². The fraction of sp³-hybridized carbons (Fsp3) is 0.886. The normalized spacial score (nSPS) is 43.5. The summed E-state index contributed by atoms with van der Waals surface area (Å²) < 4.78 is 23.7. The first-order chi connectivity index (χ1) is 20.9. The first kappa shape index (κ1) is 34.3. The smallest absolute Gasteiger partial charge is 0.303 e. The Morgan fingerprint density at radius 1 is 1.00 bits per heavy atom. The van der Waals surface area contributed by atoms with Gasteiger partial charge in [-0.1, -0.05) is 27.7 Å². The highest BCUT2D eigenvalue weighted by Crippen LogP contribution is 2.77. The molecule has 1 heterocycles. The van der Waals surface area contributed by atoms with Crippen LogP contribution in [0.2, 0.25) is 0 Å². The summed E-state index contributed by atoms with van der Waals surface area (Å²) in [5, 5.41) is 23.5. The van der Waals surface area contributed by atoms with Crippen LogP contribution in [0.3, 0.4) is 0 Å². The maximum atomic E-state index is 12.7. The molecule has 13 atom stereocenters. The molecule has 5 rings (SSSR count). The zero-order chi connectivity index (χ0) is 33.3. The van der Waals surface area contributed by atoms with Crippen LogP contribution in [0.5, 0.6) is 0 Å². The zero-order valence-electron chi connectivity index (χ0n) is 28.4. The average molecular weight is 635 g/mol. The van der Waals surface area contributed by atoms with Gasteiger partial charge in [-0.15, -0.1) is 0 Å². The summed E-state index contributed by atoms with van der Waals surface area (Å²) in [6.07, 6.45) is 4.62. The molecule has 10 nitrogen and oxygen atoms in total. The Labute approximate surface area is 267 Å². The van der Waals surface area contributed by atoms with Gasteiger partial charge in [-0.25, -0.2) is 0 Å². The molecule has 0 aromatic carbocycles. The van der Waals surface area contributed by atoms with Crippen molar-refractivity contribution in [2.45, 2.75) is 136 Å². The van der Waals surface area contributed by atoms with Gasteiger partial charge >= 0.3 is 17.9 Å². The molecule has 2 N–H and O–H groups in total. The number of epoxide rings is 1. The van der Waals surface area contributed by atoms with Crippen molar-refractivity contribution in [3.05, 3.63) is 0 Å². The standard InChI is InChI=1S/C35H54O10/c1-19(20(2)33(8,41)17-42-21(3)36)30(44-23(5)38)34(18-43-22(4)37)35(45-34)29(40)16-28-26-10-9-24-15-25(39)11-13-31(24,6)27(26)12-14-32(28,35)7/h19-20,24,26-30,40-41H,9-18H2,1-8H3. The van der Waals surface area contributed by atoms with E-state index in [2.05, 4.69) is 13.8 Å². The third-order valence-electron chi connectivity index (χ3n) is 13.7. The van der Waals surface area contributed by atoms with Gasteiger partial charge in [0.2, 0.25) is 0 Å². The molecule has 0 aromatic rings. The highest BCUT2D eigenvalue weighted by Gasteiger charge is 2.88. The summed E-state index contributed by atoms with van der Waals surface area (Å²) >= 11 is 0. The van der Waals surface area contributed by atoms with Crippen LogP contribution in [0.15, 0.2) is 0 Å². The van der Waals surface area contributed by atoms with Crippen LogP contribution in [0, 0.1) is 46.3 Å². The van der Waals surface area contributed by atoms with E-state index in [9.17, 15) is 29.4 Å². The lowest BCUT2D eigenvalue weighted by atomic mass is 9.44. The molecule has 5 fully saturated rings. The number of Topliss-reactive ketones (excluding diaryl/α,β-unsaturated/α-hetero) is 1. The first-order valence-electron chi connectivity index (χ1n) is 16.9. The molecule has 1 aliphatic heterocycles. The van der Waals surface area contributed by atoms with E-state index >= 15 is 0 Å². The van der Waals surface area contributed by atoms with Gasteiger partial charge in [0.15, 0.2) is 5.60 Å². The van der Waals surface area contributed by atoms with E-state index in [0.29, 0.717) is 42.8 Å². The van der Waals surface area contributed by atoms with Gasteiger partial charge in [-0.05, 0) is 80.5 Å². The Kier molecular flexibility index (Phi) is 8.83. The number of aliphatic hydroxyl groups excluding tert-OH is 1. The van der Waals surface area contributed by atoms with Crippen LogP contribution in [-0.2, 0) is 38.1 Å². The molecular formula is C35H54O10. The van der Waals surface area contributed by atoms with Crippen LogP contribution in [0.4, 0.5) is 0 Å². The number of hydrogen-bond acceptors (Lipinski definition) is 10. The van der Waals surface area contributed by atoms with E-state index < -0.39 is 64.2 Å². The van der Waals surface area contributed by atoms with Crippen LogP contribution in [0.1, 0.15) is 107 Å². The lowest BCUT2D eigenvalue weighted by Crippen LogP contribution is -2.59. The van der Waals surface area contributed by atoms with E-state index in [1.807, 2.05) is 6.92 Å². The minimum Gasteiger partial charge on any atom is -0.463 e. The van der Waals surface area contributed by atoms with E-state index in [4.69, 9.17) is 18.9 Å². The van der Waals surface area contributed by atoms with Crippen LogP contribution in [-0.4, -0.2) is 76.1 Å². The molecular weight excluding hydrogens is 580 g/mol. The lowest BCUT2D eigenvalue weighted by molar-refractivity contribution is -0.168. The van der Waals surface area contributed by atoms with Gasteiger partial charge in [0.05, 0.1) is 11.7 Å². The van der Waals surface area contributed by atoms with E-state index in [1.54, 1.807) is 13.8 Å². The summed E-state index contributed by atoms with van der Waals surface area (Å²) in [6, 6.07) is 0. The van der Waals surface area contributed by atoms with Gasteiger partial charge in [-0.3, -0.25) is 19.2 Å². The molecule has 4 saturated carbocycles. The monoisotopic (exact) mass is 634 g/mol. The van der Waals surface area contributed by atoms with Crippen molar-refractivity contribution in [1.29, 1.82) is 0 Å². The maximum absolute atomic E-state index is 12.7. The molecule has 0 amide bonds. The third-order valence-corrected chi connectivity index (χ3v) is 13.7. The quantitative estimate of drug-likeness (QED) is 0.215. The van der Waals surface area contributed by atoms with Crippen LogP contribution >= 0.6 is 0 Å². The van der Waals surface area contributed by atoms with Gasteiger partial charge in [0.25, 0.3) is 0 Å². The number of rotatable bonds is 9. The highest BCUT2D eigenvalue weighted by atomic mass is 16.7. The molecule has 4 aliphatic carbocycles. The Hall–Kier alpha value is -2.04. The fourth-order valence-corrected chi connectivity index (χ4v) is 11.0. The van der Waals surface area contributed by atoms with Gasteiger partial charge in [-0.2, -0.15) is 0 Å². The van der Waals surface area contributed by atoms with E-state index in [0.717, 1.165) is 32.1 Å². The molecule has 0 bridgehead atoms. The van der Waals surface area contributed by atoms with Crippen molar-refractivity contribution in [2.24, 2.45) is 46.3 Å². The molecule has 254 valence electrons. The molecule has 1 spiro atoms. The number of esters is 3. The summed E-state index contributed by atoms with van der Waals surface area (Å²) in [7, 11) is 0. The van der Waals surface area contributed by atoms with Crippen LogP contribution in [0.25, 0.3) is 0 Å². The van der Waals surface area contributed by atoms with Crippen molar-refractivity contribution in [3.8, 4) is 0 Å². The van der Waals surface area contributed by atoms with Gasteiger partial charge < -0.3 is 29.2 Å². The predicted octanol–water partition coefficient (Wildman–Crippen LogP) is 4.16. The van der Waals surface area contributed by atoms with Crippen molar-refractivity contribution < 1.29 is 48.3 Å². The summed E-state index contributed by atoms with van der Waals surface area (Å²) in [5.74, 6) is -0.967. The second-order valence-corrected chi connectivity index (χ2v) is 15.9. The van der Waals surface area contributed by atoms with Gasteiger partial charge in [0.1, 0.15) is 30.7 Å². The number of hydrogen-bond donors (Lipinski definition) is 2. The third kappa shape index (κ3) is 5.25. The SMILES string of the molecule is CC(=O)OCC(C)(O)C(C)C(C)C(OC(C)=O)C1(COC(C)=O)OC12C(O)CC1C3CCC4CC(=O)CCC4(C)C3CCC12C. The van der Waals surface area contributed by atoms with E-state index in [1.165, 1.54) is 20.8 Å². The Balaban J connectivity index is 1.52. The Morgan fingerprint density at radius 2 is 1.67 bits per heavy atom. The largest absolute Gasteiger partial charge is 0.463 e. The number of carbonyl (C=O) groups excluding carboxylic acids is 4. The molecule has 5 aliphatic rings. The molecule has 10 heteroatoms. The highest BCUT2D eigenvalue weighted by molar-refractivity contribution is 5.79. The lowest BCUT2D eigenvalue weighted by Gasteiger charge is -2.60. The number of ketones is 1. The molecule has 0 radical (unpaired) electrons. The predicted molar refractivity (Wildman–Crippen MR) is 162 cm³/mol. The van der Waals surface area contributed by atoms with Crippen molar-refractivity contribution in [1.82, 2.24) is 0 Å². The minimum atomic E-state index is -1.47. The summed E-state index contributed by atoms with van der Waals surface area (Å²) in [5.41, 5.74) is -4.36. The first-order valence-corrected chi connectivity index (χ1v) is 16.9. The summed E-state index contributed by atoms with van der Waals surface area (Å²) in [6.45, 7) is 13.2. The number of carbonyl (C=O) groups is 4. The van der Waals surface area contributed by atoms with Crippen LogP contribution < -0.4 is 0 Å². The minimum absolute atomic E-state index is 0.0931. The topological polar surface area (TPSA) is 149 Å². The average Bonchev–Trinajstić information content (AvgIpc) is 3.60. The second-order valence-electron chi connectivity index (χ2n) is 15.9. The second kappa shape index (κ2) is 11.6. The molecule has 0 aromatic heterocycles. The molecule has 13 unspecified atom stereocenters. The Bertz CT molecular complexity index is 1210. The maximum Gasteiger partial charge on any atom is 0.303 e. The van der Waals surface area contributed by atoms with E-state index in [-0.39, 0.29) is 24.5 Å². The zero-order valence-corrected chi connectivity index (χ0v) is 28.4. The summed E-state index contributed by atoms with van der Waals surface area (Å²) in [4.78, 5) is 48.9. The van der Waals surface area contributed by atoms with Gasteiger partial charge in [0, 0.05) is 44.9 Å². The number of fused-ring (bicyclic) bond motifs is 6. The Morgan fingerprint density at radius 3 is 2.29 bits per heavy atom. The fourth-order valence-electron chi connectivity index (χ4n) is 11.0.